The van der Waals surface area contributed by atoms with E-state index >= 15 is 0 Å². The number of methoxy groups -OCH3 is 1. The third-order valence-corrected chi connectivity index (χ3v) is 7.51. The number of anilines is 3. The normalized spacial score (nSPS) is 15.9. The first-order valence-electron chi connectivity index (χ1n) is 13.5. The van der Waals surface area contributed by atoms with Crippen LogP contribution in [0.1, 0.15) is 5.56 Å². The highest BCUT2D eigenvalue weighted by atomic mass is 32.2. The molecule has 0 aliphatic carbocycles. The van der Waals surface area contributed by atoms with E-state index in [0.717, 1.165) is 22.3 Å². The first-order chi connectivity index (χ1) is 20.9. The van der Waals surface area contributed by atoms with Gasteiger partial charge in [-0.2, -0.15) is 0 Å². The number of para-hydroxylation sites is 3. The van der Waals surface area contributed by atoms with Crippen molar-refractivity contribution in [2.24, 2.45) is 0 Å². The average molecular weight is 603 g/mol. The van der Waals surface area contributed by atoms with Gasteiger partial charge in [0.05, 0.1) is 36.6 Å². The number of hydrogen-bond donors (Lipinski definition) is 2. The molecule has 2 N–H and O–H groups in total. The van der Waals surface area contributed by atoms with Crippen LogP contribution >= 0.6 is 11.8 Å². The average Bonchev–Trinajstić information content (AvgIpc) is 3.28. The number of nitrogens with zero attached hydrogens (tertiary/aromatic N) is 2. The lowest BCUT2D eigenvalue weighted by Gasteiger charge is -2.30. The van der Waals surface area contributed by atoms with E-state index in [9.17, 15) is 19.2 Å². The second kappa shape index (κ2) is 13.9. The van der Waals surface area contributed by atoms with Crippen LogP contribution in [0.15, 0.2) is 77.7 Å². The van der Waals surface area contributed by atoms with Crippen LogP contribution in [-0.2, 0) is 19.1 Å². The zero-order chi connectivity index (χ0) is 30.2. The number of rotatable bonds is 10. The Balaban J connectivity index is 1.20. The van der Waals surface area contributed by atoms with Gasteiger partial charge >= 0.3 is 0 Å². The lowest BCUT2D eigenvalue weighted by molar-refractivity contribution is -0.127. The predicted molar refractivity (Wildman–Crippen MR) is 164 cm³/mol. The maximum Gasteiger partial charge on any atom is 0.294 e. The minimum Gasteiger partial charge on any atom is -0.493 e. The highest BCUT2D eigenvalue weighted by Crippen LogP contribution is 2.35. The van der Waals surface area contributed by atoms with Crippen LogP contribution in [0.25, 0.3) is 6.08 Å². The summed E-state index contributed by atoms with van der Waals surface area (Å²) in [5, 5.41) is 5.04. The Hall–Kier alpha value is -4.81. The fraction of sp³-hybridized carbons (Fsp3) is 0.226. The van der Waals surface area contributed by atoms with Crippen molar-refractivity contribution in [3.63, 3.8) is 0 Å². The van der Waals surface area contributed by atoms with E-state index in [4.69, 9.17) is 14.2 Å². The van der Waals surface area contributed by atoms with Gasteiger partial charge in [-0.25, -0.2) is 0 Å². The van der Waals surface area contributed by atoms with Gasteiger partial charge in [-0.3, -0.25) is 24.1 Å². The van der Waals surface area contributed by atoms with Crippen LogP contribution in [0.5, 0.6) is 11.5 Å². The van der Waals surface area contributed by atoms with Gasteiger partial charge in [-0.15, -0.1) is 0 Å². The van der Waals surface area contributed by atoms with Gasteiger partial charge in [0.15, 0.2) is 18.1 Å². The number of carbonyl (C=O) groups excluding carboxylic acids is 4. The molecule has 2 heterocycles. The van der Waals surface area contributed by atoms with Gasteiger partial charge in [0.2, 0.25) is 5.91 Å². The first kappa shape index (κ1) is 29.7. The molecule has 0 spiro atoms. The minimum absolute atomic E-state index is 0.171. The Bertz CT molecular complexity index is 1540. The second-order valence-electron chi connectivity index (χ2n) is 9.55. The van der Waals surface area contributed by atoms with Crippen molar-refractivity contribution in [1.29, 1.82) is 0 Å². The fourth-order valence-corrected chi connectivity index (χ4v) is 5.37. The van der Waals surface area contributed by atoms with Crippen LogP contribution in [-0.4, -0.2) is 74.4 Å². The Morgan fingerprint density at radius 3 is 2.44 bits per heavy atom. The van der Waals surface area contributed by atoms with E-state index in [-0.39, 0.29) is 17.4 Å². The van der Waals surface area contributed by atoms with Crippen molar-refractivity contribution in [1.82, 2.24) is 4.90 Å². The molecule has 12 heteroatoms. The van der Waals surface area contributed by atoms with E-state index < -0.39 is 23.6 Å². The van der Waals surface area contributed by atoms with Gasteiger partial charge in [0.1, 0.15) is 6.54 Å². The third kappa shape index (κ3) is 7.53. The third-order valence-electron chi connectivity index (χ3n) is 6.61. The highest BCUT2D eigenvalue weighted by Gasteiger charge is 2.36. The van der Waals surface area contributed by atoms with Crippen LogP contribution in [0.4, 0.5) is 21.9 Å². The van der Waals surface area contributed by atoms with E-state index in [0.29, 0.717) is 54.7 Å². The molecule has 11 nitrogen and oxygen atoms in total. The number of carbonyl (C=O) groups is 4. The highest BCUT2D eigenvalue weighted by molar-refractivity contribution is 8.18. The smallest absolute Gasteiger partial charge is 0.294 e. The molecule has 0 atom stereocenters. The largest absolute Gasteiger partial charge is 0.493 e. The number of imide groups is 1. The SMILES string of the molecule is COc1cc(/C=C2\SC(=O)N(CC(=O)Nc3ccccc3N3CCOCC3)C2=O)ccc1OCC(=O)Nc1ccccc1. The molecule has 5 rings (SSSR count). The summed E-state index contributed by atoms with van der Waals surface area (Å²) in [4.78, 5) is 54.1. The van der Waals surface area contributed by atoms with Gasteiger partial charge in [-0.1, -0.05) is 36.4 Å². The summed E-state index contributed by atoms with van der Waals surface area (Å²) in [5.41, 5.74) is 2.69. The first-order valence-corrected chi connectivity index (χ1v) is 14.4. The van der Waals surface area contributed by atoms with Crippen molar-refractivity contribution < 1.29 is 33.4 Å². The number of hydrogen-bond acceptors (Lipinski definition) is 9. The molecule has 0 radical (unpaired) electrons. The second-order valence-corrected chi connectivity index (χ2v) is 10.5. The van der Waals surface area contributed by atoms with E-state index in [1.807, 2.05) is 36.4 Å². The molecule has 4 amide bonds. The summed E-state index contributed by atoms with van der Waals surface area (Å²) >= 11 is 0.755. The van der Waals surface area contributed by atoms with E-state index in [1.165, 1.54) is 7.11 Å². The Morgan fingerprint density at radius 1 is 0.930 bits per heavy atom. The topological polar surface area (TPSA) is 127 Å². The molecule has 222 valence electrons. The number of ether oxygens (including phenoxy) is 3. The molecule has 0 saturated carbocycles. The standard InChI is InChI=1S/C31H30N4O7S/c1-40-26-17-21(11-12-25(26)42-20-29(37)32-22-7-3-2-4-8-22)18-27-30(38)35(31(39)43-27)19-28(36)33-23-9-5-6-10-24(23)34-13-15-41-16-14-34/h2-12,17-18H,13-16,19-20H2,1H3,(H,32,37)(H,33,36)/b27-18-. The van der Waals surface area contributed by atoms with Crippen LogP contribution < -0.4 is 25.0 Å². The summed E-state index contributed by atoms with van der Waals surface area (Å²) in [7, 11) is 1.46. The van der Waals surface area contributed by atoms with Crippen molar-refractivity contribution in [2.45, 2.75) is 0 Å². The number of amides is 4. The molecular weight excluding hydrogens is 572 g/mol. The maximum atomic E-state index is 13.1. The van der Waals surface area contributed by atoms with Crippen LogP contribution in [0.2, 0.25) is 0 Å². The van der Waals surface area contributed by atoms with Gasteiger partial charge in [-0.05, 0) is 59.8 Å². The van der Waals surface area contributed by atoms with Crippen molar-refractivity contribution in [3.05, 3.63) is 83.3 Å². The van der Waals surface area contributed by atoms with Gasteiger partial charge in [0.25, 0.3) is 17.1 Å². The molecule has 3 aromatic carbocycles. The predicted octanol–water partition coefficient (Wildman–Crippen LogP) is 4.22. The van der Waals surface area contributed by atoms with Crippen molar-refractivity contribution in [3.8, 4) is 11.5 Å². The summed E-state index contributed by atoms with van der Waals surface area (Å²) in [6, 6.07) is 21.3. The number of nitrogens with one attached hydrogen (secondary N) is 2. The van der Waals surface area contributed by atoms with E-state index in [1.54, 1.807) is 42.5 Å². The van der Waals surface area contributed by atoms with Crippen molar-refractivity contribution in [2.75, 3.05) is 62.1 Å². The Labute approximate surface area is 252 Å². The molecule has 2 fully saturated rings. The quantitative estimate of drug-likeness (QED) is 0.328. The Kier molecular flexibility index (Phi) is 9.59. The fourth-order valence-electron chi connectivity index (χ4n) is 4.54. The Morgan fingerprint density at radius 2 is 1.67 bits per heavy atom. The molecule has 2 aliphatic heterocycles. The number of morpholine rings is 1. The molecule has 3 aromatic rings. The maximum absolute atomic E-state index is 13.1. The lowest BCUT2D eigenvalue weighted by Crippen LogP contribution is -2.38. The summed E-state index contributed by atoms with van der Waals surface area (Å²) in [6.07, 6.45) is 1.55. The van der Waals surface area contributed by atoms with Crippen LogP contribution in [0, 0.1) is 0 Å². The van der Waals surface area contributed by atoms with Gasteiger partial charge < -0.3 is 29.7 Å². The van der Waals surface area contributed by atoms with E-state index in [2.05, 4.69) is 15.5 Å². The monoisotopic (exact) mass is 602 g/mol. The zero-order valence-corrected chi connectivity index (χ0v) is 24.2. The molecule has 0 aromatic heterocycles. The van der Waals surface area contributed by atoms with Crippen LogP contribution in [0.3, 0.4) is 0 Å². The number of thioether (sulfide) groups is 1. The summed E-state index contributed by atoms with van der Waals surface area (Å²) in [5.74, 6) is -0.698. The van der Waals surface area contributed by atoms with Crippen molar-refractivity contribution >= 4 is 57.9 Å². The molecule has 0 bridgehead atoms. The number of benzene rings is 3. The molecule has 2 aliphatic rings. The lowest BCUT2D eigenvalue weighted by atomic mass is 10.2. The molecule has 43 heavy (non-hydrogen) atoms. The summed E-state index contributed by atoms with van der Waals surface area (Å²) < 4.78 is 16.5. The molecule has 0 unspecified atom stereocenters. The summed E-state index contributed by atoms with van der Waals surface area (Å²) in [6.45, 7) is 1.94. The molecule has 2 saturated heterocycles. The minimum atomic E-state index is -0.566. The zero-order valence-electron chi connectivity index (χ0n) is 23.4. The molecular formula is C31H30N4O7S. The van der Waals surface area contributed by atoms with Gasteiger partial charge in [0, 0.05) is 18.8 Å².